The molecule has 0 radical (unpaired) electrons. The summed E-state index contributed by atoms with van der Waals surface area (Å²) in [5.41, 5.74) is -0.263. The van der Waals surface area contributed by atoms with Gasteiger partial charge in [0.15, 0.2) is 11.9 Å². The number of hydrogen-bond acceptors (Lipinski definition) is 6. The summed E-state index contributed by atoms with van der Waals surface area (Å²) in [5, 5.41) is 37.8. The molecule has 7 heteroatoms. The number of aliphatic hydroxyl groups excluding tert-OH is 2. The van der Waals surface area contributed by atoms with E-state index < -0.39 is 17.1 Å². The lowest BCUT2D eigenvalue weighted by atomic mass is 10.0. The maximum Gasteiger partial charge on any atom is 0.311 e. The van der Waals surface area contributed by atoms with Crippen LogP contribution in [0.15, 0.2) is 18.2 Å². The zero-order chi connectivity index (χ0) is 13.0. The summed E-state index contributed by atoms with van der Waals surface area (Å²) < 4.78 is 4.78. The first-order valence-electron chi connectivity index (χ1n) is 4.59. The zero-order valence-electron chi connectivity index (χ0n) is 8.90. The number of ether oxygens (including phenoxy) is 1. The van der Waals surface area contributed by atoms with Gasteiger partial charge >= 0.3 is 5.69 Å². The van der Waals surface area contributed by atoms with Crippen LogP contribution in [0.3, 0.4) is 0 Å². The van der Waals surface area contributed by atoms with Crippen molar-refractivity contribution in [1.82, 2.24) is 0 Å². The highest BCUT2D eigenvalue weighted by molar-refractivity contribution is 5.49. The summed E-state index contributed by atoms with van der Waals surface area (Å²) in [6.45, 7) is 0. The molecule has 0 aliphatic rings. The van der Waals surface area contributed by atoms with Crippen LogP contribution in [0, 0.1) is 21.4 Å². The van der Waals surface area contributed by atoms with Gasteiger partial charge in [0.2, 0.25) is 0 Å². The Labute approximate surface area is 96.6 Å². The van der Waals surface area contributed by atoms with Crippen molar-refractivity contribution in [1.29, 1.82) is 5.26 Å². The lowest BCUT2D eigenvalue weighted by Crippen LogP contribution is -2.15. The molecule has 0 aromatic heterocycles. The van der Waals surface area contributed by atoms with Gasteiger partial charge in [-0.25, -0.2) is 0 Å². The van der Waals surface area contributed by atoms with Gasteiger partial charge in [0.25, 0.3) is 0 Å². The van der Waals surface area contributed by atoms with Crippen LogP contribution < -0.4 is 4.74 Å². The second kappa shape index (κ2) is 5.25. The number of nitro groups is 1. The highest BCUT2D eigenvalue weighted by Gasteiger charge is 2.22. The molecule has 0 fully saturated rings. The number of nitrogens with zero attached hydrogens (tertiary/aromatic N) is 2. The summed E-state index contributed by atoms with van der Waals surface area (Å²) in [6.07, 6.45) is -3.13. The first-order valence-corrected chi connectivity index (χ1v) is 4.59. The van der Waals surface area contributed by atoms with E-state index in [0.29, 0.717) is 0 Å². The molecule has 0 aliphatic heterocycles. The van der Waals surface area contributed by atoms with E-state index in [1.807, 2.05) is 0 Å². The van der Waals surface area contributed by atoms with E-state index in [0.717, 1.165) is 6.07 Å². The van der Waals surface area contributed by atoms with Gasteiger partial charge < -0.3 is 14.9 Å². The predicted octanol–water partition coefficient (Wildman–Crippen LogP) is 0.521. The van der Waals surface area contributed by atoms with Crippen molar-refractivity contribution >= 4 is 5.69 Å². The van der Waals surface area contributed by atoms with Crippen LogP contribution in [0.2, 0.25) is 0 Å². The Morgan fingerprint density at radius 3 is 2.65 bits per heavy atom. The van der Waals surface area contributed by atoms with Crippen molar-refractivity contribution in [3.63, 3.8) is 0 Å². The summed E-state index contributed by atoms with van der Waals surface area (Å²) >= 11 is 0. The second-order valence-corrected chi connectivity index (χ2v) is 3.21. The van der Waals surface area contributed by atoms with Gasteiger partial charge in [-0.3, -0.25) is 10.1 Å². The van der Waals surface area contributed by atoms with Crippen LogP contribution in [-0.4, -0.2) is 28.4 Å². The van der Waals surface area contributed by atoms with Crippen LogP contribution in [0.1, 0.15) is 11.7 Å². The van der Waals surface area contributed by atoms with Gasteiger partial charge in [0.05, 0.1) is 18.1 Å². The lowest BCUT2D eigenvalue weighted by Gasteiger charge is -2.12. The number of nitriles is 1. The average Bonchev–Trinajstić information content (AvgIpc) is 2.35. The molecule has 2 atom stereocenters. The number of hydrogen-bond donors (Lipinski definition) is 2. The number of aliphatic hydroxyl groups is 2. The molecule has 0 bridgehead atoms. The number of benzene rings is 1. The monoisotopic (exact) mass is 238 g/mol. The van der Waals surface area contributed by atoms with E-state index in [9.17, 15) is 15.2 Å². The van der Waals surface area contributed by atoms with E-state index in [2.05, 4.69) is 0 Å². The van der Waals surface area contributed by atoms with Gasteiger partial charge in [0, 0.05) is 6.07 Å². The predicted molar refractivity (Wildman–Crippen MR) is 56.2 cm³/mol. The quantitative estimate of drug-likeness (QED) is 0.448. The van der Waals surface area contributed by atoms with Crippen LogP contribution in [-0.2, 0) is 0 Å². The molecular weight excluding hydrogens is 228 g/mol. The van der Waals surface area contributed by atoms with E-state index in [-0.39, 0.29) is 17.0 Å². The molecule has 90 valence electrons. The SMILES string of the molecule is COc1ccc(C(O)C(O)C#N)cc1[N+](=O)[O-]. The third-order valence-electron chi connectivity index (χ3n) is 2.17. The van der Waals surface area contributed by atoms with Crippen LogP contribution in [0.4, 0.5) is 5.69 Å². The minimum Gasteiger partial charge on any atom is -0.490 e. The normalized spacial score (nSPS) is 13.5. The van der Waals surface area contributed by atoms with E-state index in [4.69, 9.17) is 15.1 Å². The van der Waals surface area contributed by atoms with Crippen molar-refractivity contribution in [3.8, 4) is 11.8 Å². The van der Waals surface area contributed by atoms with Crippen molar-refractivity contribution in [2.75, 3.05) is 7.11 Å². The Morgan fingerprint density at radius 2 is 2.18 bits per heavy atom. The lowest BCUT2D eigenvalue weighted by molar-refractivity contribution is -0.385. The summed E-state index contributed by atoms with van der Waals surface area (Å²) in [6, 6.07) is 5.14. The Morgan fingerprint density at radius 1 is 1.53 bits per heavy atom. The fourth-order valence-electron chi connectivity index (χ4n) is 1.29. The Balaban J connectivity index is 3.17. The first kappa shape index (κ1) is 12.9. The number of nitro benzene ring substituents is 1. The number of methoxy groups -OCH3 is 1. The molecule has 2 unspecified atom stereocenters. The summed E-state index contributed by atoms with van der Waals surface area (Å²) in [4.78, 5) is 10.0. The smallest absolute Gasteiger partial charge is 0.311 e. The van der Waals surface area contributed by atoms with Gasteiger partial charge in [-0.2, -0.15) is 5.26 Å². The van der Waals surface area contributed by atoms with Gasteiger partial charge in [-0.05, 0) is 11.6 Å². The van der Waals surface area contributed by atoms with Gasteiger partial charge in [0.1, 0.15) is 6.10 Å². The molecule has 2 N–H and O–H groups in total. The third kappa shape index (κ3) is 2.69. The first-order chi connectivity index (χ1) is 8.01. The summed E-state index contributed by atoms with van der Waals surface area (Å²) in [7, 11) is 1.28. The van der Waals surface area contributed by atoms with E-state index in [1.54, 1.807) is 0 Å². The maximum atomic E-state index is 10.7. The molecule has 1 aromatic rings. The van der Waals surface area contributed by atoms with Crippen molar-refractivity contribution in [3.05, 3.63) is 33.9 Å². The fourth-order valence-corrected chi connectivity index (χ4v) is 1.29. The van der Waals surface area contributed by atoms with Crippen molar-refractivity contribution in [2.24, 2.45) is 0 Å². The van der Waals surface area contributed by atoms with Gasteiger partial charge in [-0.1, -0.05) is 6.07 Å². The standard InChI is InChI=1S/C10H10N2O5/c1-17-9-3-2-6(4-7(9)12(15)16)10(14)8(13)5-11/h2-4,8,10,13-14H,1H3. The Bertz CT molecular complexity index is 468. The molecule has 0 amide bonds. The Hall–Kier alpha value is -2.17. The second-order valence-electron chi connectivity index (χ2n) is 3.21. The molecule has 7 nitrogen and oxygen atoms in total. The summed E-state index contributed by atoms with van der Waals surface area (Å²) in [5.74, 6) is 0.0393. The van der Waals surface area contributed by atoms with E-state index in [1.165, 1.54) is 25.3 Å². The average molecular weight is 238 g/mol. The highest BCUT2D eigenvalue weighted by Crippen LogP contribution is 2.30. The molecule has 0 aliphatic carbocycles. The van der Waals surface area contributed by atoms with Crippen LogP contribution in [0.5, 0.6) is 5.75 Å². The molecule has 0 saturated carbocycles. The van der Waals surface area contributed by atoms with Crippen molar-refractivity contribution < 1.29 is 19.9 Å². The van der Waals surface area contributed by atoms with Crippen LogP contribution in [0.25, 0.3) is 0 Å². The molecule has 0 heterocycles. The molecule has 1 aromatic carbocycles. The number of rotatable bonds is 4. The Kier molecular flexibility index (Phi) is 3.98. The topological polar surface area (TPSA) is 117 Å². The largest absolute Gasteiger partial charge is 0.490 e. The molecule has 1 rings (SSSR count). The molecule has 0 saturated heterocycles. The molecule has 17 heavy (non-hydrogen) atoms. The molecular formula is C10H10N2O5. The van der Waals surface area contributed by atoms with Crippen molar-refractivity contribution in [2.45, 2.75) is 12.2 Å². The molecule has 0 spiro atoms. The zero-order valence-corrected chi connectivity index (χ0v) is 8.90. The highest BCUT2D eigenvalue weighted by atomic mass is 16.6. The van der Waals surface area contributed by atoms with Crippen LogP contribution >= 0.6 is 0 Å². The fraction of sp³-hybridized carbons (Fsp3) is 0.300. The minimum atomic E-state index is -1.64. The minimum absolute atomic E-state index is 0.0393. The third-order valence-corrected chi connectivity index (χ3v) is 2.17. The van der Waals surface area contributed by atoms with E-state index >= 15 is 0 Å². The van der Waals surface area contributed by atoms with Gasteiger partial charge in [-0.15, -0.1) is 0 Å². The maximum absolute atomic E-state index is 10.7.